The van der Waals surface area contributed by atoms with Gasteiger partial charge in [0.1, 0.15) is 12.6 Å². The molecule has 1 saturated heterocycles. The largest absolute Gasteiger partial charge is 0.472 e. The maximum Gasteiger partial charge on any atom is 0.233 e. The Kier molecular flexibility index (Phi) is 5.92. The number of carbonyl (C=O) groups excluding carboxylic acids is 2. The molecular weight excluding hydrogens is 314 g/mol. The average Bonchev–Trinajstić information content (AvgIpc) is 3.07. The molecule has 6 heteroatoms. The lowest BCUT2D eigenvalue weighted by molar-refractivity contribution is -0.126. The molecule has 0 saturated carbocycles. The molecule has 0 bridgehead atoms. The fourth-order valence-electron chi connectivity index (χ4n) is 2.46. The van der Waals surface area contributed by atoms with E-state index in [4.69, 9.17) is 9.15 Å². The van der Waals surface area contributed by atoms with Crippen LogP contribution in [0.3, 0.4) is 0 Å². The Bertz CT molecular complexity index is 535. The van der Waals surface area contributed by atoms with Gasteiger partial charge in [-0.15, -0.1) is 11.8 Å². The highest BCUT2D eigenvalue weighted by atomic mass is 32.2. The Balaban J connectivity index is 1.99. The fraction of sp³-hybridized carbons (Fsp3) is 0.647. The molecule has 0 spiro atoms. The van der Waals surface area contributed by atoms with Crippen molar-refractivity contribution in [3.05, 3.63) is 24.2 Å². The standard InChI is InChI=1S/C17H25NO4S/c1-11-15(13(19)9-22-11)18-16(20)14(7-17(2,3)4)23-10-12-5-6-21-8-12/h5-6,8,11,14-15H,7,9-10H2,1-4H3,(H,18,20). The minimum atomic E-state index is -0.528. The van der Waals surface area contributed by atoms with Crippen LogP contribution in [0, 0.1) is 5.41 Å². The lowest BCUT2D eigenvalue weighted by Crippen LogP contribution is -2.47. The van der Waals surface area contributed by atoms with Gasteiger partial charge < -0.3 is 14.5 Å². The van der Waals surface area contributed by atoms with Crippen molar-refractivity contribution in [3.8, 4) is 0 Å². The quantitative estimate of drug-likeness (QED) is 0.863. The highest BCUT2D eigenvalue weighted by Crippen LogP contribution is 2.30. The number of Topliss-reactive ketones (excluding diaryl/α,β-unsaturated/α-hetero) is 1. The molecule has 128 valence electrons. The number of amides is 1. The second-order valence-electron chi connectivity index (χ2n) is 7.16. The number of nitrogens with one attached hydrogen (secondary N) is 1. The first-order valence-electron chi connectivity index (χ1n) is 7.83. The first kappa shape index (κ1) is 18.1. The van der Waals surface area contributed by atoms with E-state index in [0.29, 0.717) is 5.75 Å². The summed E-state index contributed by atoms with van der Waals surface area (Å²) in [4.78, 5) is 24.5. The number of ether oxygens (including phenoxy) is 1. The molecule has 0 aromatic carbocycles. The van der Waals surface area contributed by atoms with Gasteiger partial charge >= 0.3 is 0 Å². The average molecular weight is 339 g/mol. The third-order valence-electron chi connectivity index (χ3n) is 3.72. The number of hydrogen-bond donors (Lipinski definition) is 1. The predicted octanol–water partition coefficient (Wildman–Crippen LogP) is 2.79. The topological polar surface area (TPSA) is 68.5 Å². The number of rotatable bonds is 6. The molecule has 1 N–H and O–H groups in total. The maximum atomic E-state index is 12.7. The number of thioether (sulfide) groups is 1. The molecule has 1 fully saturated rings. The summed E-state index contributed by atoms with van der Waals surface area (Å²) in [6.45, 7) is 8.22. The van der Waals surface area contributed by atoms with Crippen molar-refractivity contribution in [3.63, 3.8) is 0 Å². The lowest BCUT2D eigenvalue weighted by atomic mass is 9.90. The third kappa shape index (κ3) is 5.39. The van der Waals surface area contributed by atoms with Crippen LogP contribution in [0.15, 0.2) is 23.0 Å². The van der Waals surface area contributed by atoms with Gasteiger partial charge in [-0.3, -0.25) is 9.59 Å². The van der Waals surface area contributed by atoms with E-state index < -0.39 is 6.04 Å². The highest BCUT2D eigenvalue weighted by Gasteiger charge is 2.36. The summed E-state index contributed by atoms with van der Waals surface area (Å²) in [5.41, 5.74) is 1.07. The number of hydrogen-bond acceptors (Lipinski definition) is 5. The second kappa shape index (κ2) is 7.53. The summed E-state index contributed by atoms with van der Waals surface area (Å²) in [6.07, 6.45) is 3.79. The van der Waals surface area contributed by atoms with Gasteiger partial charge in [-0.1, -0.05) is 20.8 Å². The van der Waals surface area contributed by atoms with E-state index in [9.17, 15) is 9.59 Å². The molecule has 1 aromatic heterocycles. The molecule has 1 amide bonds. The molecule has 0 aliphatic carbocycles. The molecule has 1 aromatic rings. The maximum absolute atomic E-state index is 12.7. The second-order valence-corrected chi connectivity index (χ2v) is 8.36. The van der Waals surface area contributed by atoms with Gasteiger partial charge in [0.15, 0.2) is 5.78 Å². The van der Waals surface area contributed by atoms with Crippen LogP contribution in [0.2, 0.25) is 0 Å². The molecule has 1 aliphatic heterocycles. The molecule has 3 atom stereocenters. The lowest BCUT2D eigenvalue weighted by Gasteiger charge is -2.26. The summed E-state index contributed by atoms with van der Waals surface area (Å²) >= 11 is 1.58. The summed E-state index contributed by atoms with van der Waals surface area (Å²) in [5.74, 6) is 0.555. The first-order valence-corrected chi connectivity index (χ1v) is 8.88. The van der Waals surface area contributed by atoms with Crippen LogP contribution in [-0.4, -0.2) is 35.7 Å². The van der Waals surface area contributed by atoms with Crippen LogP contribution < -0.4 is 5.32 Å². The molecule has 2 rings (SSSR count). The Morgan fingerprint density at radius 3 is 2.74 bits per heavy atom. The Labute approximate surface area is 141 Å². The Hall–Kier alpha value is -1.27. The van der Waals surface area contributed by atoms with Gasteiger partial charge in [0.05, 0.1) is 23.9 Å². The molecule has 3 unspecified atom stereocenters. The van der Waals surface area contributed by atoms with E-state index in [0.717, 1.165) is 12.0 Å². The Morgan fingerprint density at radius 1 is 1.48 bits per heavy atom. The summed E-state index contributed by atoms with van der Waals surface area (Å²) in [6, 6.07) is 1.37. The van der Waals surface area contributed by atoms with Gasteiger partial charge in [0.25, 0.3) is 0 Å². The zero-order valence-electron chi connectivity index (χ0n) is 14.1. The van der Waals surface area contributed by atoms with Gasteiger partial charge in [-0.2, -0.15) is 0 Å². The smallest absolute Gasteiger partial charge is 0.233 e. The van der Waals surface area contributed by atoms with Crippen molar-refractivity contribution in [2.45, 2.75) is 57.3 Å². The van der Waals surface area contributed by atoms with E-state index in [1.54, 1.807) is 24.3 Å². The van der Waals surface area contributed by atoms with Crippen LogP contribution >= 0.6 is 11.8 Å². The fourth-order valence-corrected chi connectivity index (χ4v) is 3.86. The van der Waals surface area contributed by atoms with Crippen LogP contribution in [-0.2, 0) is 20.1 Å². The number of furan rings is 1. The van der Waals surface area contributed by atoms with E-state index >= 15 is 0 Å². The van der Waals surface area contributed by atoms with Crippen molar-refractivity contribution < 1.29 is 18.7 Å². The van der Waals surface area contributed by atoms with Crippen LogP contribution in [0.4, 0.5) is 0 Å². The minimum absolute atomic E-state index is 0.0210. The first-order chi connectivity index (χ1) is 10.8. The summed E-state index contributed by atoms with van der Waals surface area (Å²) < 4.78 is 10.4. The number of ketones is 1. The van der Waals surface area contributed by atoms with Gasteiger partial charge in [0.2, 0.25) is 5.91 Å². The van der Waals surface area contributed by atoms with Gasteiger partial charge in [-0.05, 0) is 24.8 Å². The molecule has 5 nitrogen and oxygen atoms in total. The predicted molar refractivity (Wildman–Crippen MR) is 90.2 cm³/mol. The highest BCUT2D eigenvalue weighted by molar-refractivity contribution is 7.99. The monoisotopic (exact) mass is 339 g/mol. The van der Waals surface area contributed by atoms with E-state index in [-0.39, 0.29) is 35.1 Å². The Morgan fingerprint density at radius 2 is 2.22 bits per heavy atom. The minimum Gasteiger partial charge on any atom is -0.472 e. The van der Waals surface area contributed by atoms with Crippen LogP contribution in [0.25, 0.3) is 0 Å². The van der Waals surface area contributed by atoms with E-state index in [1.807, 2.05) is 13.0 Å². The van der Waals surface area contributed by atoms with Crippen molar-refractivity contribution in [1.82, 2.24) is 5.32 Å². The van der Waals surface area contributed by atoms with Gasteiger partial charge in [-0.25, -0.2) is 0 Å². The molecular formula is C17H25NO4S. The SMILES string of the molecule is CC1OCC(=O)C1NC(=O)C(CC(C)(C)C)SCc1ccoc1. The van der Waals surface area contributed by atoms with Crippen molar-refractivity contribution >= 4 is 23.5 Å². The zero-order chi connectivity index (χ0) is 17.0. The third-order valence-corrected chi connectivity index (χ3v) is 5.01. The van der Waals surface area contributed by atoms with Crippen LogP contribution in [0.5, 0.6) is 0 Å². The molecule has 2 heterocycles. The summed E-state index contributed by atoms with van der Waals surface area (Å²) in [5, 5.41) is 2.66. The van der Waals surface area contributed by atoms with Gasteiger partial charge in [0, 0.05) is 11.3 Å². The van der Waals surface area contributed by atoms with E-state index in [1.165, 1.54) is 0 Å². The normalized spacial score (nSPS) is 23.0. The summed E-state index contributed by atoms with van der Waals surface area (Å²) in [7, 11) is 0. The number of carbonyl (C=O) groups is 2. The molecule has 1 aliphatic rings. The van der Waals surface area contributed by atoms with Crippen molar-refractivity contribution in [2.75, 3.05) is 6.61 Å². The zero-order valence-corrected chi connectivity index (χ0v) is 14.9. The molecule has 23 heavy (non-hydrogen) atoms. The van der Waals surface area contributed by atoms with E-state index in [2.05, 4.69) is 26.1 Å². The van der Waals surface area contributed by atoms with Crippen LogP contribution in [0.1, 0.15) is 39.7 Å². The van der Waals surface area contributed by atoms with Crippen molar-refractivity contribution in [2.24, 2.45) is 5.41 Å². The van der Waals surface area contributed by atoms with Crippen molar-refractivity contribution in [1.29, 1.82) is 0 Å². The molecule has 0 radical (unpaired) electrons.